The zero-order chi connectivity index (χ0) is 12.8. The van der Waals surface area contributed by atoms with Crippen molar-refractivity contribution in [2.24, 2.45) is 0 Å². The smallest absolute Gasteiger partial charge is 0.189 e. The molecule has 0 amide bonds. The van der Waals surface area contributed by atoms with Crippen LogP contribution in [0.1, 0.15) is 58.8 Å². The number of carbonyl (C=O) groups is 1. The molecule has 0 aliphatic carbocycles. The molecular weight excluding hydrogens is 216 g/mol. The molecule has 3 nitrogen and oxygen atoms in total. The highest BCUT2D eigenvalue weighted by molar-refractivity contribution is 5.69. The molecule has 0 fully saturated rings. The van der Waals surface area contributed by atoms with Crippen molar-refractivity contribution in [3.63, 3.8) is 0 Å². The van der Waals surface area contributed by atoms with Gasteiger partial charge >= 0.3 is 0 Å². The van der Waals surface area contributed by atoms with Crippen LogP contribution < -0.4 is 0 Å². The predicted molar refractivity (Wildman–Crippen MR) is 69.7 cm³/mol. The Hall–Kier alpha value is -0.830. The van der Waals surface area contributed by atoms with Gasteiger partial charge < -0.3 is 9.47 Å². The number of aldehydes is 1. The van der Waals surface area contributed by atoms with Crippen molar-refractivity contribution in [3.8, 4) is 0 Å². The summed E-state index contributed by atoms with van der Waals surface area (Å²) in [7, 11) is 0. The lowest BCUT2D eigenvalue weighted by atomic mass is 10.1. The summed E-state index contributed by atoms with van der Waals surface area (Å²) in [6, 6.07) is 0. The third-order valence-corrected chi connectivity index (χ3v) is 2.47. The first-order valence-corrected chi connectivity index (χ1v) is 6.71. The molecule has 3 heteroatoms. The number of allylic oxidation sites excluding steroid dienone is 2. The van der Waals surface area contributed by atoms with Crippen molar-refractivity contribution in [2.75, 3.05) is 13.4 Å². The van der Waals surface area contributed by atoms with Crippen LogP contribution in [-0.2, 0) is 14.3 Å². The normalized spacial score (nSPS) is 11.5. The minimum Gasteiger partial charge on any atom is -0.464 e. The quantitative estimate of drug-likeness (QED) is 0.171. The Kier molecular flexibility index (Phi) is 12.6. The van der Waals surface area contributed by atoms with Crippen molar-refractivity contribution in [2.45, 2.75) is 58.8 Å². The summed E-state index contributed by atoms with van der Waals surface area (Å²) in [5.74, 6) is 0.371. The minimum atomic E-state index is 0.180. The zero-order valence-electron chi connectivity index (χ0n) is 11.2. The molecule has 0 saturated carbocycles. The topological polar surface area (TPSA) is 35.5 Å². The van der Waals surface area contributed by atoms with E-state index >= 15 is 0 Å². The summed E-state index contributed by atoms with van der Waals surface area (Å²) in [4.78, 5) is 10.5. The van der Waals surface area contributed by atoms with Gasteiger partial charge in [0.15, 0.2) is 18.8 Å². The Balaban J connectivity index is 3.23. The molecule has 0 aliphatic rings. The molecule has 0 aromatic rings. The van der Waals surface area contributed by atoms with Crippen LogP contribution in [0.3, 0.4) is 0 Å². The summed E-state index contributed by atoms with van der Waals surface area (Å²) in [5, 5.41) is 0. The second-order valence-electron chi connectivity index (χ2n) is 4.07. The first kappa shape index (κ1) is 16.2. The molecule has 0 unspecified atom stereocenters. The average molecular weight is 242 g/mol. The molecule has 100 valence electrons. The molecule has 0 saturated heterocycles. The SMILES string of the molecule is CC/C=C(\C=O)OCOCCCCCCCC. The van der Waals surface area contributed by atoms with Crippen LogP contribution >= 0.6 is 0 Å². The van der Waals surface area contributed by atoms with Gasteiger partial charge in [-0.1, -0.05) is 46.0 Å². The van der Waals surface area contributed by atoms with E-state index in [9.17, 15) is 4.79 Å². The van der Waals surface area contributed by atoms with Crippen molar-refractivity contribution < 1.29 is 14.3 Å². The molecule has 0 heterocycles. The highest BCUT2D eigenvalue weighted by Crippen LogP contribution is 2.05. The van der Waals surface area contributed by atoms with Gasteiger partial charge in [0.25, 0.3) is 0 Å². The Bertz CT molecular complexity index is 200. The van der Waals surface area contributed by atoms with E-state index in [1.807, 2.05) is 6.92 Å². The lowest BCUT2D eigenvalue weighted by Gasteiger charge is -2.06. The predicted octanol–water partition coefficient (Wildman–Crippen LogP) is 3.83. The fourth-order valence-corrected chi connectivity index (χ4v) is 1.50. The number of hydrogen-bond acceptors (Lipinski definition) is 3. The van der Waals surface area contributed by atoms with Gasteiger partial charge in [-0.25, -0.2) is 0 Å². The molecule has 17 heavy (non-hydrogen) atoms. The second kappa shape index (κ2) is 13.2. The molecule has 0 atom stereocenters. The van der Waals surface area contributed by atoms with Crippen molar-refractivity contribution in [1.29, 1.82) is 0 Å². The monoisotopic (exact) mass is 242 g/mol. The van der Waals surface area contributed by atoms with Crippen LogP contribution in [0, 0.1) is 0 Å². The molecule has 0 aromatic heterocycles. The minimum absolute atomic E-state index is 0.180. The van der Waals surface area contributed by atoms with E-state index in [-0.39, 0.29) is 6.79 Å². The molecule has 0 bridgehead atoms. The van der Waals surface area contributed by atoms with E-state index in [1.165, 1.54) is 32.1 Å². The van der Waals surface area contributed by atoms with E-state index in [1.54, 1.807) is 6.08 Å². The Morgan fingerprint density at radius 2 is 1.76 bits per heavy atom. The Morgan fingerprint density at radius 1 is 1.06 bits per heavy atom. The summed E-state index contributed by atoms with van der Waals surface area (Å²) < 4.78 is 10.4. The van der Waals surface area contributed by atoms with E-state index in [0.29, 0.717) is 12.4 Å². The molecule has 0 N–H and O–H groups in total. The molecular formula is C14H26O3. The standard InChI is InChI=1S/C14H26O3/c1-3-5-6-7-8-9-11-16-13-17-14(12-15)10-4-2/h10,12H,3-9,11,13H2,1-2H3/b14-10+. The van der Waals surface area contributed by atoms with E-state index in [0.717, 1.165) is 19.1 Å². The lowest BCUT2D eigenvalue weighted by molar-refractivity contribution is -0.111. The van der Waals surface area contributed by atoms with Gasteiger partial charge in [0.2, 0.25) is 0 Å². The number of carbonyl (C=O) groups excluding carboxylic acids is 1. The lowest BCUT2D eigenvalue weighted by Crippen LogP contribution is -2.02. The molecule has 0 rings (SSSR count). The fraction of sp³-hybridized carbons (Fsp3) is 0.786. The second-order valence-corrected chi connectivity index (χ2v) is 4.07. The number of hydrogen-bond donors (Lipinski definition) is 0. The highest BCUT2D eigenvalue weighted by Gasteiger charge is 1.95. The third-order valence-electron chi connectivity index (χ3n) is 2.47. The summed E-state index contributed by atoms with van der Waals surface area (Å²) >= 11 is 0. The Labute approximate surface area is 105 Å². The van der Waals surface area contributed by atoms with Gasteiger partial charge in [-0.2, -0.15) is 0 Å². The van der Waals surface area contributed by atoms with Crippen LogP contribution in [0.25, 0.3) is 0 Å². The van der Waals surface area contributed by atoms with Gasteiger partial charge in [-0.05, 0) is 18.9 Å². The molecule has 0 spiro atoms. The molecule has 0 aromatic carbocycles. The number of rotatable bonds is 12. The average Bonchev–Trinajstić information content (AvgIpc) is 2.35. The number of ether oxygens (including phenoxy) is 2. The van der Waals surface area contributed by atoms with Gasteiger partial charge in [-0.15, -0.1) is 0 Å². The maximum Gasteiger partial charge on any atom is 0.189 e. The first-order chi connectivity index (χ1) is 8.35. The fourth-order valence-electron chi connectivity index (χ4n) is 1.50. The number of unbranched alkanes of at least 4 members (excludes halogenated alkanes) is 5. The van der Waals surface area contributed by atoms with Crippen molar-refractivity contribution in [3.05, 3.63) is 11.8 Å². The largest absolute Gasteiger partial charge is 0.464 e. The van der Waals surface area contributed by atoms with Crippen LogP contribution in [-0.4, -0.2) is 19.7 Å². The zero-order valence-corrected chi connectivity index (χ0v) is 11.2. The van der Waals surface area contributed by atoms with E-state index in [4.69, 9.17) is 9.47 Å². The van der Waals surface area contributed by atoms with Gasteiger partial charge in [0.05, 0.1) is 6.61 Å². The van der Waals surface area contributed by atoms with E-state index < -0.39 is 0 Å². The van der Waals surface area contributed by atoms with Crippen molar-refractivity contribution >= 4 is 6.29 Å². The van der Waals surface area contributed by atoms with Gasteiger partial charge in [0.1, 0.15) is 0 Å². The van der Waals surface area contributed by atoms with Gasteiger partial charge in [0, 0.05) is 0 Å². The van der Waals surface area contributed by atoms with Crippen LogP contribution in [0.4, 0.5) is 0 Å². The van der Waals surface area contributed by atoms with Crippen LogP contribution in [0.5, 0.6) is 0 Å². The maximum absolute atomic E-state index is 10.5. The van der Waals surface area contributed by atoms with E-state index in [2.05, 4.69) is 6.92 Å². The summed E-state index contributed by atoms with van der Waals surface area (Å²) in [6.45, 7) is 5.07. The first-order valence-electron chi connectivity index (χ1n) is 6.71. The van der Waals surface area contributed by atoms with Crippen molar-refractivity contribution in [1.82, 2.24) is 0 Å². The Morgan fingerprint density at radius 3 is 2.41 bits per heavy atom. The van der Waals surface area contributed by atoms with Crippen LogP contribution in [0.2, 0.25) is 0 Å². The van der Waals surface area contributed by atoms with Gasteiger partial charge in [-0.3, -0.25) is 4.79 Å². The summed E-state index contributed by atoms with van der Waals surface area (Å²) in [5.41, 5.74) is 0. The maximum atomic E-state index is 10.5. The molecule has 0 radical (unpaired) electrons. The van der Waals surface area contributed by atoms with Crippen LogP contribution in [0.15, 0.2) is 11.8 Å². The molecule has 0 aliphatic heterocycles. The third kappa shape index (κ3) is 11.4. The summed E-state index contributed by atoms with van der Waals surface area (Å²) in [6.07, 6.45) is 10.8. The highest BCUT2D eigenvalue weighted by atomic mass is 16.7.